The number of rotatable bonds is 1. The molecule has 4 heteroatoms. The molecule has 0 unspecified atom stereocenters. The van der Waals surface area contributed by atoms with Crippen LogP contribution in [0.15, 0.2) is 17.8 Å². The molecule has 0 aromatic carbocycles. The summed E-state index contributed by atoms with van der Waals surface area (Å²) in [5.41, 5.74) is 0. The van der Waals surface area contributed by atoms with E-state index in [9.17, 15) is 4.79 Å². The van der Waals surface area contributed by atoms with Gasteiger partial charge in [-0.2, -0.15) is 0 Å². The van der Waals surface area contributed by atoms with Crippen LogP contribution in [0, 0.1) is 0 Å². The highest BCUT2D eigenvalue weighted by Gasteiger charge is 2.01. The number of aromatic nitrogens is 2. The highest BCUT2D eigenvalue weighted by Crippen LogP contribution is 2.11. The monoisotopic (exact) mass is 151 g/mol. The summed E-state index contributed by atoms with van der Waals surface area (Å²) in [6, 6.07) is 0. The van der Waals surface area contributed by atoms with Crippen LogP contribution in [0.1, 0.15) is 5.82 Å². The first-order valence-electron chi connectivity index (χ1n) is 2.70. The fourth-order valence-electron chi connectivity index (χ4n) is 0.813. The molecule has 0 bridgehead atoms. The molecule has 0 N–H and O–H groups in total. The van der Waals surface area contributed by atoms with Crippen molar-refractivity contribution >= 4 is 22.5 Å². The van der Waals surface area contributed by atoms with Gasteiger partial charge in [0.25, 0.3) is 6.29 Å². The maximum absolute atomic E-state index is 10.2. The minimum atomic E-state index is 0.344. The van der Waals surface area contributed by atoms with Gasteiger partial charge in [0.2, 0.25) is 0 Å². The van der Waals surface area contributed by atoms with Crippen molar-refractivity contribution in [1.29, 1.82) is 0 Å². The number of hydrogen-bond donors (Lipinski definition) is 0. The largest absolute Gasteiger partial charge is 0.287 e. The van der Waals surface area contributed by atoms with Crippen LogP contribution in [0.2, 0.25) is 0 Å². The van der Waals surface area contributed by atoms with E-state index < -0.39 is 0 Å². The molecule has 49 valence electrons. The Kier molecular flexibility index (Phi) is 1.07. The van der Waals surface area contributed by atoms with Crippen molar-refractivity contribution < 1.29 is 4.79 Å². The first kappa shape index (κ1) is 5.61. The molecular formula is C6H3N2OS. The summed E-state index contributed by atoms with van der Waals surface area (Å²) in [6.45, 7) is 0. The van der Waals surface area contributed by atoms with Gasteiger partial charge < -0.3 is 0 Å². The Labute approximate surface area is 60.9 Å². The predicted octanol–water partition coefficient (Wildman–Crippen LogP) is 0.854. The first-order chi connectivity index (χ1) is 4.92. The average molecular weight is 151 g/mol. The van der Waals surface area contributed by atoms with Crippen LogP contribution in [0.4, 0.5) is 0 Å². The van der Waals surface area contributed by atoms with Crippen molar-refractivity contribution in [2.45, 2.75) is 0 Å². The average Bonchev–Trinajstić information content (AvgIpc) is 2.44. The zero-order chi connectivity index (χ0) is 6.97. The van der Waals surface area contributed by atoms with Crippen LogP contribution in [-0.4, -0.2) is 15.7 Å². The summed E-state index contributed by atoms with van der Waals surface area (Å²) >= 11 is 1.55. The Morgan fingerprint density at radius 3 is 3.40 bits per heavy atom. The smallest absolute Gasteiger partial charge is 0.272 e. The molecule has 2 heterocycles. The van der Waals surface area contributed by atoms with Gasteiger partial charge in [-0.25, -0.2) is 4.98 Å². The Bertz CT molecular complexity index is 362. The van der Waals surface area contributed by atoms with Crippen LogP contribution in [0.25, 0.3) is 4.83 Å². The summed E-state index contributed by atoms with van der Waals surface area (Å²) in [4.78, 5) is 15.0. The third-order valence-corrected chi connectivity index (χ3v) is 2.05. The quantitative estimate of drug-likeness (QED) is 0.605. The lowest BCUT2D eigenvalue weighted by atomic mass is 10.7. The lowest BCUT2D eigenvalue weighted by Gasteiger charge is -1.80. The van der Waals surface area contributed by atoms with Gasteiger partial charge in [0.15, 0.2) is 5.82 Å². The zero-order valence-corrected chi connectivity index (χ0v) is 5.76. The molecule has 1 radical (unpaired) electrons. The Morgan fingerprint density at radius 2 is 2.60 bits per heavy atom. The number of hydrogen-bond acceptors (Lipinski definition) is 3. The summed E-state index contributed by atoms with van der Waals surface area (Å²) in [5, 5.41) is 1.90. The van der Waals surface area contributed by atoms with Gasteiger partial charge in [-0.05, 0) is 0 Å². The third-order valence-electron chi connectivity index (χ3n) is 1.25. The van der Waals surface area contributed by atoms with E-state index in [-0.39, 0.29) is 0 Å². The van der Waals surface area contributed by atoms with E-state index in [0.29, 0.717) is 5.82 Å². The molecule has 3 nitrogen and oxygen atoms in total. The normalized spacial score (nSPS) is 10.4. The molecule has 0 saturated heterocycles. The van der Waals surface area contributed by atoms with E-state index in [4.69, 9.17) is 0 Å². The van der Waals surface area contributed by atoms with Crippen molar-refractivity contribution in [3.8, 4) is 0 Å². The van der Waals surface area contributed by atoms with Gasteiger partial charge in [0.1, 0.15) is 4.83 Å². The number of thiazole rings is 1. The van der Waals surface area contributed by atoms with E-state index in [0.717, 1.165) is 4.83 Å². The van der Waals surface area contributed by atoms with Crippen molar-refractivity contribution in [3.63, 3.8) is 0 Å². The highest BCUT2D eigenvalue weighted by molar-refractivity contribution is 7.15. The molecule has 0 aliphatic carbocycles. The number of fused-ring (bicyclic) bond motifs is 1. The second-order valence-electron chi connectivity index (χ2n) is 1.80. The zero-order valence-electron chi connectivity index (χ0n) is 4.94. The van der Waals surface area contributed by atoms with E-state index in [1.165, 1.54) is 0 Å². The fraction of sp³-hybridized carbons (Fsp3) is 0. The first-order valence-corrected chi connectivity index (χ1v) is 3.58. The Morgan fingerprint density at radius 1 is 1.70 bits per heavy atom. The molecule has 10 heavy (non-hydrogen) atoms. The molecule has 2 aromatic heterocycles. The fourth-order valence-corrected chi connectivity index (χ4v) is 1.51. The number of imidazole rings is 1. The lowest BCUT2D eigenvalue weighted by molar-refractivity contribution is 0.560. The van der Waals surface area contributed by atoms with Crippen LogP contribution < -0.4 is 0 Å². The molecule has 0 atom stereocenters. The topological polar surface area (TPSA) is 34.4 Å². The summed E-state index contributed by atoms with van der Waals surface area (Å²) in [6.07, 6.45) is 5.20. The molecule has 0 amide bonds. The van der Waals surface area contributed by atoms with Crippen LogP contribution >= 0.6 is 11.3 Å². The van der Waals surface area contributed by atoms with Crippen molar-refractivity contribution in [2.24, 2.45) is 0 Å². The van der Waals surface area contributed by atoms with E-state index in [1.54, 1.807) is 34.4 Å². The van der Waals surface area contributed by atoms with Gasteiger partial charge in [-0.15, -0.1) is 11.3 Å². The summed E-state index contributed by atoms with van der Waals surface area (Å²) in [7, 11) is 0. The van der Waals surface area contributed by atoms with Crippen molar-refractivity contribution in [1.82, 2.24) is 9.38 Å². The minimum Gasteiger partial charge on any atom is -0.287 e. The Balaban J connectivity index is 2.88. The minimum absolute atomic E-state index is 0.344. The van der Waals surface area contributed by atoms with Crippen LogP contribution in [-0.2, 0) is 4.79 Å². The van der Waals surface area contributed by atoms with E-state index in [1.807, 2.05) is 5.38 Å². The number of carbonyl (C=O) groups excluding carboxylic acids is 1. The SMILES string of the molecule is O=[C]c1ncc2sccn12. The maximum atomic E-state index is 10.2. The predicted molar refractivity (Wildman–Crippen MR) is 37.9 cm³/mol. The molecular weight excluding hydrogens is 148 g/mol. The lowest BCUT2D eigenvalue weighted by Crippen LogP contribution is -1.87. The third kappa shape index (κ3) is 0.593. The standard InChI is InChI=1S/C6H3N2OS/c9-4-5-7-3-6-8(5)1-2-10-6/h1-3H. The van der Waals surface area contributed by atoms with Gasteiger partial charge in [0.05, 0.1) is 6.20 Å². The maximum Gasteiger partial charge on any atom is 0.272 e. The summed E-state index contributed by atoms with van der Waals surface area (Å²) < 4.78 is 1.71. The highest BCUT2D eigenvalue weighted by atomic mass is 32.1. The van der Waals surface area contributed by atoms with Gasteiger partial charge in [-0.1, -0.05) is 0 Å². The van der Waals surface area contributed by atoms with Crippen molar-refractivity contribution in [2.75, 3.05) is 0 Å². The molecule has 2 aromatic rings. The second kappa shape index (κ2) is 1.91. The molecule has 0 fully saturated rings. The summed E-state index contributed by atoms with van der Waals surface area (Å²) in [5.74, 6) is 0.344. The molecule has 0 aliphatic rings. The van der Waals surface area contributed by atoms with Gasteiger partial charge >= 0.3 is 0 Å². The molecule has 2 rings (SSSR count). The van der Waals surface area contributed by atoms with Gasteiger partial charge in [-0.3, -0.25) is 9.20 Å². The molecule has 0 aliphatic heterocycles. The van der Waals surface area contributed by atoms with Crippen LogP contribution in [0.3, 0.4) is 0 Å². The second-order valence-corrected chi connectivity index (χ2v) is 2.72. The van der Waals surface area contributed by atoms with Crippen LogP contribution in [0.5, 0.6) is 0 Å². The molecule has 0 spiro atoms. The Hall–Kier alpha value is -1.16. The van der Waals surface area contributed by atoms with E-state index >= 15 is 0 Å². The van der Waals surface area contributed by atoms with Crippen molar-refractivity contribution in [3.05, 3.63) is 23.6 Å². The molecule has 0 saturated carbocycles. The number of nitrogens with zero attached hydrogens (tertiary/aromatic N) is 2. The van der Waals surface area contributed by atoms with Gasteiger partial charge in [0, 0.05) is 11.6 Å². The van der Waals surface area contributed by atoms with E-state index in [2.05, 4.69) is 4.98 Å².